The lowest BCUT2D eigenvalue weighted by Crippen LogP contribution is -2.27. The molecular weight excluding hydrogens is 258 g/mol. The summed E-state index contributed by atoms with van der Waals surface area (Å²) < 4.78 is 5.02. The number of aromatic carboxylic acids is 1. The number of amides is 1. The lowest BCUT2D eigenvalue weighted by Gasteiger charge is -2.19. The van der Waals surface area contributed by atoms with Gasteiger partial charge in [0.2, 0.25) is 0 Å². The minimum Gasteiger partial charge on any atom is -0.477 e. The van der Waals surface area contributed by atoms with Crippen LogP contribution in [0.1, 0.15) is 31.1 Å². The molecular formula is C10H15N3O4S. The number of carboxylic acids is 1. The highest BCUT2D eigenvalue weighted by Crippen LogP contribution is 2.24. The second-order valence-electron chi connectivity index (χ2n) is 4.41. The molecule has 0 saturated heterocycles. The number of carboxylic acid groups (broad SMARTS) is 1. The molecule has 1 rings (SSSR count). The van der Waals surface area contributed by atoms with Gasteiger partial charge in [0.15, 0.2) is 0 Å². The first kappa shape index (κ1) is 14.4. The zero-order valence-corrected chi connectivity index (χ0v) is 11.3. The predicted molar refractivity (Wildman–Crippen MR) is 67.2 cm³/mol. The SMILES string of the molecule is CSc1n[nH]c(NC(=O)OC(C)(C)C)c1C(=O)O. The van der Waals surface area contributed by atoms with E-state index in [1.165, 1.54) is 11.8 Å². The molecule has 1 aromatic heterocycles. The van der Waals surface area contributed by atoms with Gasteiger partial charge in [-0.2, -0.15) is 5.10 Å². The number of hydrogen-bond acceptors (Lipinski definition) is 5. The fourth-order valence-corrected chi connectivity index (χ4v) is 1.70. The molecule has 3 N–H and O–H groups in total. The van der Waals surface area contributed by atoms with E-state index in [4.69, 9.17) is 9.84 Å². The summed E-state index contributed by atoms with van der Waals surface area (Å²) in [5.74, 6) is -1.15. The quantitative estimate of drug-likeness (QED) is 0.729. The standard InChI is InChI=1S/C10H15N3O4S/c1-10(2,3)17-9(16)11-6-5(8(14)15)7(18-4)13-12-6/h1-4H3,(H,14,15)(H2,11,12,13,16). The Labute approximate surface area is 108 Å². The highest BCUT2D eigenvalue weighted by atomic mass is 32.2. The Bertz CT molecular complexity index is 464. The average molecular weight is 273 g/mol. The van der Waals surface area contributed by atoms with Crippen LogP contribution in [0.2, 0.25) is 0 Å². The molecule has 0 aliphatic heterocycles. The van der Waals surface area contributed by atoms with Crippen LogP contribution >= 0.6 is 11.8 Å². The van der Waals surface area contributed by atoms with Gasteiger partial charge in [-0.25, -0.2) is 9.59 Å². The van der Waals surface area contributed by atoms with Gasteiger partial charge in [-0.3, -0.25) is 10.4 Å². The van der Waals surface area contributed by atoms with E-state index >= 15 is 0 Å². The largest absolute Gasteiger partial charge is 0.477 e. The summed E-state index contributed by atoms with van der Waals surface area (Å²) in [7, 11) is 0. The maximum atomic E-state index is 11.5. The van der Waals surface area contributed by atoms with Crippen LogP contribution in [0.3, 0.4) is 0 Å². The van der Waals surface area contributed by atoms with Gasteiger partial charge in [0.1, 0.15) is 22.0 Å². The molecule has 0 aliphatic carbocycles. The van der Waals surface area contributed by atoms with Crippen LogP contribution in [-0.2, 0) is 4.74 Å². The minimum absolute atomic E-state index is 0.0149. The maximum Gasteiger partial charge on any atom is 0.413 e. The van der Waals surface area contributed by atoms with Crippen molar-refractivity contribution in [2.75, 3.05) is 11.6 Å². The van der Waals surface area contributed by atoms with Crippen molar-refractivity contribution in [3.05, 3.63) is 5.56 Å². The van der Waals surface area contributed by atoms with Crippen LogP contribution < -0.4 is 5.32 Å². The van der Waals surface area contributed by atoms with Crippen molar-refractivity contribution in [3.8, 4) is 0 Å². The first-order chi connectivity index (χ1) is 8.24. The summed E-state index contributed by atoms with van der Waals surface area (Å²) in [5.41, 5.74) is -0.733. The fourth-order valence-electron chi connectivity index (χ4n) is 1.17. The van der Waals surface area contributed by atoms with Gasteiger partial charge in [-0.1, -0.05) is 0 Å². The molecule has 7 nitrogen and oxygen atoms in total. The number of nitrogens with one attached hydrogen (secondary N) is 2. The van der Waals surface area contributed by atoms with Crippen LogP contribution in [0.4, 0.5) is 10.6 Å². The predicted octanol–water partition coefficient (Wildman–Crippen LogP) is 2.18. The first-order valence-electron chi connectivity index (χ1n) is 5.10. The van der Waals surface area contributed by atoms with Crippen molar-refractivity contribution in [3.63, 3.8) is 0 Å². The van der Waals surface area contributed by atoms with Crippen molar-refractivity contribution >= 4 is 29.6 Å². The van der Waals surface area contributed by atoms with Gasteiger partial charge in [0, 0.05) is 0 Å². The molecule has 0 unspecified atom stereocenters. The number of aromatic amines is 1. The number of H-pyrrole nitrogens is 1. The summed E-state index contributed by atoms with van der Waals surface area (Å²) >= 11 is 1.17. The number of carbonyl (C=O) groups excluding carboxylic acids is 1. The molecule has 1 heterocycles. The maximum absolute atomic E-state index is 11.5. The Kier molecular flexibility index (Phi) is 4.23. The van der Waals surface area contributed by atoms with Gasteiger partial charge < -0.3 is 9.84 Å². The molecule has 0 radical (unpaired) electrons. The number of rotatable bonds is 3. The summed E-state index contributed by atoms with van der Waals surface area (Å²) in [6, 6.07) is 0. The molecule has 1 amide bonds. The molecule has 0 aliphatic rings. The van der Waals surface area contributed by atoms with Crippen LogP contribution in [0, 0.1) is 0 Å². The molecule has 0 bridgehead atoms. The highest BCUT2D eigenvalue weighted by Gasteiger charge is 2.23. The van der Waals surface area contributed by atoms with Crippen molar-refractivity contribution < 1.29 is 19.4 Å². The van der Waals surface area contributed by atoms with E-state index in [0.29, 0.717) is 5.03 Å². The van der Waals surface area contributed by atoms with Crippen molar-refractivity contribution in [2.24, 2.45) is 0 Å². The van der Waals surface area contributed by atoms with Crippen molar-refractivity contribution in [1.29, 1.82) is 0 Å². The number of carbonyl (C=O) groups is 2. The summed E-state index contributed by atoms with van der Waals surface area (Å²) in [6.45, 7) is 5.14. The second kappa shape index (κ2) is 5.30. The third kappa shape index (κ3) is 3.66. The van der Waals surface area contributed by atoms with Gasteiger partial charge >= 0.3 is 12.1 Å². The number of nitrogens with zero attached hydrogens (tertiary/aromatic N) is 1. The summed E-state index contributed by atoms with van der Waals surface area (Å²) in [6.07, 6.45) is 0.959. The number of ether oxygens (including phenoxy) is 1. The highest BCUT2D eigenvalue weighted by molar-refractivity contribution is 7.98. The van der Waals surface area contributed by atoms with E-state index in [1.54, 1.807) is 27.0 Å². The Morgan fingerprint density at radius 1 is 1.44 bits per heavy atom. The first-order valence-corrected chi connectivity index (χ1v) is 6.32. The normalized spacial score (nSPS) is 11.1. The van der Waals surface area contributed by atoms with Gasteiger partial charge in [0.05, 0.1) is 0 Å². The second-order valence-corrected chi connectivity index (χ2v) is 5.21. The van der Waals surface area contributed by atoms with E-state index in [1.807, 2.05) is 0 Å². The smallest absolute Gasteiger partial charge is 0.413 e. The fraction of sp³-hybridized carbons (Fsp3) is 0.500. The topological polar surface area (TPSA) is 104 Å². The number of hydrogen-bond donors (Lipinski definition) is 3. The molecule has 0 spiro atoms. The van der Waals surface area contributed by atoms with E-state index in [0.717, 1.165) is 0 Å². The van der Waals surface area contributed by atoms with Gasteiger partial charge in [-0.15, -0.1) is 11.8 Å². The monoisotopic (exact) mass is 273 g/mol. The summed E-state index contributed by atoms with van der Waals surface area (Å²) in [5, 5.41) is 17.9. The lowest BCUT2D eigenvalue weighted by atomic mass is 10.2. The van der Waals surface area contributed by atoms with E-state index in [9.17, 15) is 9.59 Å². The van der Waals surface area contributed by atoms with Crippen LogP contribution in [0.25, 0.3) is 0 Å². The zero-order chi connectivity index (χ0) is 13.9. The van der Waals surface area contributed by atoms with E-state index < -0.39 is 17.7 Å². The van der Waals surface area contributed by atoms with Crippen molar-refractivity contribution in [2.45, 2.75) is 31.4 Å². The summed E-state index contributed by atoms with van der Waals surface area (Å²) in [4.78, 5) is 22.6. The zero-order valence-electron chi connectivity index (χ0n) is 10.5. The van der Waals surface area contributed by atoms with Crippen LogP contribution in [-0.4, -0.2) is 39.2 Å². The Morgan fingerprint density at radius 3 is 2.50 bits per heavy atom. The molecule has 8 heteroatoms. The van der Waals surface area contributed by atoms with Crippen LogP contribution in [0.15, 0.2) is 5.03 Å². The Morgan fingerprint density at radius 2 is 2.06 bits per heavy atom. The molecule has 0 fully saturated rings. The third-order valence-corrected chi connectivity index (χ3v) is 2.45. The molecule has 0 aromatic carbocycles. The molecule has 100 valence electrons. The minimum atomic E-state index is -1.17. The number of aromatic nitrogens is 2. The van der Waals surface area contributed by atoms with Crippen LogP contribution in [0.5, 0.6) is 0 Å². The Hall–Kier alpha value is -1.70. The molecule has 0 saturated carbocycles. The lowest BCUT2D eigenvalue weighted by molar-refractivity contribution is 0.0635. The molecule has 0 atom stereocenters. The third-order valence-electron chi connectivity index (χ3n) is 1.77. The van der Waals surface area contributed by atoms with Gasteiger partial charge in [-0.05, 0) is 27.0 Å². The van der Waals surface area contributed by atoms with Gasteiger partial charge in [0.25, 0.3) is 0 Å². The Balaban J connectivity index is 2.88. The number of thioether (sulfide) groups is 1. The van der Waals surface area contributed by atoms with E-state index in [2.05, 4.69) is 15.5 Å². The average Bonchev–Trinajstić information content (AvgIpc) is 2.57. The van der Waals surface area contributed by atoms with E-state index in [-0.39, 0.29) is 11.4 Å². The van der Waals surface area contributed by atoms with Crippen molar-refractivity contribution in [1.82, 2.24) is 10.2 Å². The molecule has 18 heavy (non-hydrogen) atoms. The number of anilines is 1. The molecule has 1 aromatic rings.